The van der Waals surface area contributed by atoms with Crippen LogP contribution in [-0.4, -0.2) is 46.9 Å². The maximum absolute atomic E-state index is 13.3. The fraction of sp³-hybridized carbons (Fsp3) is 0.844. The molecule has 1 amide bonds. The van der Waals surface area contributed by atoms with Gasteiger partial charge in [-0.3, -0.25) is 9.59 Å². The number of aliphatic hydroxyl groups is 2. The highest BCUT2D eigenvalue weighted by Gasteiger charge is 2.24. The molecule has 0 aromatic heterocycles. The molecule has 6 heteroatoms. The average molecular weight is 983 g/mol. The van der Waals surface area contributed by atoms with Gasteiger partial charge < -0.3 is 20.3 Å². The normalized spacial score (nSPS) is 13.4. The lowest BCUT2D eigenvalue weighted by molar-refractivity contribution is -0.151. The van der Waals surface area contributed by atoms with Crippen LogP contribution in [0.4, 0.5) is 0 Å². The molecule has 3 unspecified atom stereocenters. The molecule has 3 atom stereocenters. The molecular weight excluding hydrogens is 863 g/mol. The Labute approximate surface area is 436 Å². The number of hydrogen-bond acceptors (Lipinski definition) is 5. The predicted molar refractivity (Wildman–Crippen MR) is 305 cm³/mol. The van der Waals surface area contributed by atoms with Crippen LogP contribution in [-0.2, 0) is 14.3 Å². The van der Waals surface area contributed by atoms with E-state index < -0.39 is 18.2 Å². The van der Waals surface area contributed by atoms with Gasteiger partial charge in [-0.2, -0.15) is 0 Å². The molecule has 0 aromatic rings. The Kier molecular flexibility index (Phi) is 55.9. The second-order valence-corrected chi connectivity index (χ2v) is 21.1. The fourth-order valence-electron chi connectivity index (χ4n) is 9.43. The van der Waals surface area contributed by atoms with Crippen LogP contribution in [0.5, 0.6) is 0 Å². The van der Waals surface area contributed by atoms with Gasteiger partial charge in [0, 0.05) is 6.42 Å². The minimum Gasteiger partial charge on any atom is -0.462 e. The number of carbonyl (C=O) groups is 2. The van der Waals surface area contributed by atoms with Gasteiger partial charge in [-0.25, -0.2) is 0 Å². The van der Waals surface area contributed by atoms with Crippen molar-refractivity contribution in [3.05, 3.63) is 48.6 Å². The molecule has 0 aromatic carbocycles. The highest BCUT2D eigenvalue weighted by atomic mass is 16.5. The van der Waals surface area contributed by atoms with Crippen molar-refractivity contribution in [2.45, 2.75) is 341 Å². The zero-order valence-corrected chi connectivity index (χ0v) is 46.9. The van der Waals surface area contributed by atoms with Crippen LogP contribution in [0, 0.1) is 0 Å². The lowest BCUT2D eigenvalue weighted by Crippen LogP contribution is -2.46. The number of esters is 1. The predicted octanol–water partition coefficient (Wildman–Crippen LogP) is 19.4. The molecule has 0 heterocycles. The van der Waals surface area contributed by atoms with Gasteiger partial charge in [0.15, 0.2) is 0 Å². The number of allylic oxidation sites excluding steroid dienone is 8. The van der Waals surface area contributed by atoms with Crippen LogP contribution in [0.2, 0.25) is 0 Å². The number of amides is 1. The number of hydrogen-bond donors (Lipinski definition) is 3. The van der Waals surface area contributed by atoms with Crippen LogP contribution in [0.1, 0.15) is 323 Å². The molecule has 0 aliphatic carbocycles. The Morgan fingerprint density at radius 3 is 1.16 bits per heavy atom. The minimum absolute atomic E-state index is 0.0528. The molecule has 3 N–H and O–H groups in total. The smallest absolute Gasteiger partial charge is 0.306 e. The van der Waals surface area contributed by atoms with Crippen molar-refractivity contribution < 1.29 is 24.5 Å². The van der Waals surface area contributed by atoms with Crippen LogP contribution >= 0.6 is 0 Å². The van der Waals surface area contributed by atoms with Gasteiger partial charge in [-0.1, -0.05) is 268 Å². The summed E-state index contributed by atoms with van der Waals surface area (Å²) in [5.41, 5.74) is 0. The monoisotopic (exact) mass is 982 g/mol. The lowest BCUT2D eigenvalue weighted by Gasteiger charge is -2.24. The highest BCUT2D eigenvalue weighted by molar-refractivity contribution is 5.77. The third-order valence-corrected chi connectivity index (χ3v) is 14.1. The summed E-state index contributed by atoms with van der Waals surface area (Å²) in [5, 5.41) is 23.9. The van der Waals surface area contributed by atoms with Crippen molar-refractivity contribution in [1.29, 1.82) is 0 Å². The van der Waals surface area contributed by atoms with Crippen LogP contribution in [0.15, 0.2) is 48.6 Å². The van der Waals surface area contributed by atoms with Gasteiger partial charge in [-0.05, 0) is 89.9 Å². The van der Waals surface area contributed by atoms with E-state index in [1.165, 1.54) is 205 Å². The first kappa shape index (κ1) is 67.8. The zero-order valence-electron chi connectivity index (χ0n) is 46.9. The van der Waals surface area contributed by atoms with E-state index in [0.717, 1.165) is 70.6 Å². The summed E-state index contributed by atoms with van der Waals surface area (Å²) in [4.78, 5) is 26.3. The molecule has 0 rings (SSSR count). The number of aliphatic hydroxyl groups excluding tert-OH is 2. The fourth-order valence-corrected chi connectivity index (χ4v) is 9.43. The Hall–Kier alpha value is -2.18. The largest absolute Gasteiger partial charge is 0.462 e. The first-order chi connectivity index (χ1) is 34.5. The summed E-state index contributed by atoms with van der Waals surface area (Å²) in [6.45, 7) is 6.48. The summed E-state index contributed by atoms with van der Waals surface area (Å²) in [7, 11) is 0. The van der Waals surface area contributed by atoms with E-state index in [-0.39, 0.29) is 24.9 Å². The van der Waals surface area contributed by atoms with Crippen molar-refractivity contribution in [3.63, 3.8) is 0 Å². The summed E-state index contributed by atoms with van der Waals surface area (Å²) < 4.78 is 5.96. The van der Waals surface area contributed by atoms with E-state index >= 15 is 0 Å². The molecule has 0 saturated heterocycles. The molecular formula is C64H119NO5. The van der Waals surface area contributed by atoms with Crippen LogP contribution < -0.4 is 5.32 Å². The summed E-state index contributed by atoms with van der Waals surface area (Å²) in [6, 6.07) is -0.715. The van der Waals surface area contributed by atoms with Crippen molar-refractivity contribution in [3.8, 4) is 0 Å². The average Bonchev–Trinajstić information content (AvgIpc) is 3.35. The minimum atomic E-state index is -0.799. The maximum atomic E-state index is 13.3. The number of nitrogens with one attached hydrogen (secondary N) is 1. The quantitative estimate of drug-likeness (QED) is 0.0321. The standard InChI is InChI=1S/C64H119NO5/c1-4-7-10-13-16-19-22-25-28-30-31-33-36-39-42-45-48-51-54-57-64(69)70-60(55-52-49-46-43-40-37-34-27-24-21-18-15-12-9-6-3)58-63(68)65-61(59-66)62(67)56-53-50-47-44-41-38-35-32-29-26-23-20-17-14-11-8-5-2/h18,21,25,27-28,34,40,43,60-62,66-67H,4-17,19-20,22-24,26,29-33,35-39,41-42,44-59H2,1-3H3,(H,65,68)/b21-18-,28-25+,34-27-,43-40-. The Bertz CT molecular complexity index is 1190. The van der Waals surface area contributed by atoms with Crippen LogP contribution in [0.25, 0.3) is 0 Å². The Morgan fingerprint density at radius 1 is 0.414 bits per heavy atom. The summed E-state index contributed by atoms with van der Waals surface area (Å²) in [6.07, 6.45) is 71.8. The molecule has 6 nitrogen and oxygen atoms in total. The lowest BCUT2D eigenvalue weighted by atomic mass is 10.0. The molecule has 0 radical (unpaired) electrons. The Balaban J connectivity index is 4.55. The van der Waals surface area contributed by atoms with E-state index in [9.17, 15) is 19.8 Å². The van der Waals surface area contributed by atoms with Crippen molar-refractivity contribution in [1.82, 2.24) is 5.32 Å². The van der Waals surface area contributed by atoms with E-state index in [0.29, 0.717) is 19.3 Å². The molecule has 0 fully saturated rings. The first-order valence-electron chi connectivity index (χ1n) is 30.9. The molecule has 0 spiro atoms. The second kappa shape index (κ2) is 57.7. The van der Waals surface area contributed by atoms with Gasteiger partial charge >= 0.3 is 5.97 Å². The zero-order chi connectivity index (χ0) is 50.9. The van der Waals surface area contributed by atoms with E-state index in [1.54, 1.807) is 0 Å². The van der Waals surface area contributed by atoms with Crippen molar-refractivity contribution in [2.75, 3.05) is 6.61 Å². The molecule has 0 saturated carbocycles. The van der Waals surface area contributed by atoms with E-state index in [4.69, 9.17) is 4.74 Å². The van der Waals surface area contributed by atoms with Gasteiger partial charge in [0.1, 0.15) is 6.10 Å². The molecule has 0 bridgehead atoms. The second-order valence-electron chi connectivity index (χ2n) is 21.1. The Morgan fingerprint density at radius 2 is 0.729 bits per heavy atom. The maximum Gasteiger partial charge on any atom is 0.306 e. The summed E-state index contributed by atoms with van der Waals surface area (Å²) in [5.74, 6) is -0.500. The van der Waals surface area contributed by atoms with Crippen molar-refractivity contribution >= 4 is 11.9 Å². The SMILES string of the molecule is CCCCC/C=C\C/C=C\C/C=C\CCCCC(CC(=O)NC(CO)C(O)CCCCCCCCCCCCCCCCCCC)OC(=O)CCCCCCCCCCC/C=C/CCCCCCCC. The topological polar surface area (TPSA) is 95.9 Å². The van der Waals surface area contributed by atoms with E-state index in [2.05, 4.69) is 74.7 Å². The number of ether oxygens (including phenoxy) is 1. The van der Waals surface area contributed by atoms with Gasteiger partial charge in [0.25, 0.3) is 0 Å². The van der Waals surface area contributed by atoms with Crippen LogP contribution in [0.3, 0.4) is 0 Å². The van der Waals surface area contributed by atoms with Gasteiger partial charge in [0.05, 0.1) is 25.2 Å². The molecule has 70 heavy (non-hydrogen) atoms. The number of rotatable bonds is 56. The van der Waals surface area contributed by atoms with Gasteiger partial charge in [-0.15, -0.1) is 0 Å². The number of unbranched alkanes of at least 4 members (excludes halogenated alkanes) is 36. The molecule has 410 valence electrons. The molecule has 0 aliphatic rings. The summed E-state index contributed by atoms with van der Waals surface area (Å²) >= 11 is 0. The number of carbonyl (C=O) groups excluding carboxylic acids is 2. The van der Waals surface area contributed by atoms with E-state index in [1.807, 2.05) is 0 Å². The third-order valence-electron chi connectivity index (χ3n) is 14.1. The first-order valence-corrected chi connectivity index (χ1v) is 30.9. The van der Waals surface area contributed by atoms with Gasteiger partial charge in [0.2, 0.25) is 5.91 Å². The molecule has 0 aliphatic heterocycles. The third kappa shape index (κ3) is 52.2. The highest BCUT2D eigenvalue weighted by Crippen LogP contribution is 2.18. The van der Waals surface area contributed by atoms with Crippen molar-refractivity contribution in [2.24, 2.45) is 0 Å².